The summed E-state index contributed by atoms with van der Waals surface area (Å²) in [5.41, 5.74) is 1.76. The minimum atomic E-state index is -0.501. The van der Waals surface area contributed by atoms with E-state index in [1.54, 1.807) is 6.92 Å². The van der Waals surface area contributed by atoms with Gasteiger partial charge in [0.1, 0.15) is 0 Å². The number of hydrogen-bond donors (Lipinski definition) is 1. The summed E-state index contributed by atoms with van der Waals surface area (Å²) in [5, 5.41) is 10.2. The van der Waals surface area contributed by atoms with Gasteiger partial charge in [-0.05, 0) is 45.4 Å². The molecule has 1 rings (SSSR count). The molecule has 0 aromatic heterocycles. The Labute approximate surface area is 115 Å². The molecule has 1 aromatic rings. The standard InChI is InChI=1S/C15H22ClNO/c1-6-9-17(15(3,4)5)14-8-7-12(11(2)18)10-13(14)16/h6-8,10-11,18H,1,9H2,2-5H3/t11-/m0/s1. The van der Waals surface area contributed by atoms with E-state index < -0.39 is 6.10 Å². The lowest BCUT2D eigenvalue weighted by Gasteiger charge is -2.37. The Balaban J connectivity index is 3.18. The van der Waals surface area contributed by atoms with E-state index in [1.807, 2.05) is 24.3 Å². The highest BCUT2D eigenvalue weighted by Gasteiger charge is 2.22. The molecule has 0 spiro atoms. The molecular weight excluding hydrogens is 246 g/mol. The summed E-state index contributed by atoms with van der Waals surface area (Å²) in [6.45, 7) is 12.7. The van der Waals surface area contributed by atoms with Crippen molar-refractivity contribution >= 4 is 17.3 Å². The maximum atomic E-state index is 9.55. The predicted molar refractivity (Wildman–Crippen MR) is 79.4 cm³/mol. The molecule has 0 fully saturated rings. The molecule has 0 saturated heterocycles. The van der Waals surface area contributed by atoms with Crippen molar-refractivity contribution in [2.75, 3.05) is 11.4 Å². The van der Waals surface area contributed by atoms with Crippen LogP contribution in [0.25, 0.3) is 0 Å². The van der Waals surface area contributed by atoms with Crippen molar-refractivity contribution < 1.29 is 5.11 Å². The van der Waals surface area contributed by atoms with Gasteiger partial charge in [-0.1, -0.05) is 23.7 Å². The van der Waals surface area contributed by atoms with Gasteiger partial charge in [-0.15, -0.1) is 6.58 Å². The van der Waals surface area contributed by atoms with E-state index in [4.69, 9.17) is 11.6 Å². The van der Waals surface area contributed by atoms with Crippen LogP contribution >= 0.6 is 11.6 Å². The molecule has 0 aliphatic carbocycles. The van der Waals surface area contributed by atoms with E-state index in [9.17, 15) is 5.11 Å². The predicted octanol–water partition coefficient (Wildman–Crippen LogP) is 4.18. The zero-order chi connectivity index (χ0) is 13.9. The lowest BCUT2D eigenvalue weighted by Crippen LogP contribution is -2.41. The largest absolute Gasteiger partial charge is 0.389 e. The first-order valence-corrected chi connectivity index (χ1v) is 6.51. The van der Waals surface area contributed by atoms with Crippen LogP contribution < -0.4 is 4.90 Å². The van der Waals surface area contributed by atoms with Gasteiger partial charge in [0, 0.05) is 12.1 Å². The van der Waals surface area contributed by atoms with Crippen molar-refractivity contribution in [1.82, 2.24) is 0 Å². The highest BCUT2D eigenvalue weighted by atomic mass is 35.5. The minimum absolute atomic E-state index is 0.0375. The van der Waals surface area contributed by atoms with Crippen LogP contribution in [-0.4, -0.2) is 17.2 Å². The third kappa shape index (κ3) is 3.50. The van der Waals surface area contributed by atoms with Crippen LogP contribution in [0.2, 0.25) is 5.02 Å². The molecule has 0 bridgehead atoms. The first-order chi connectivity index (χ1) is 8.27. The van der Waals surface area contributed by atoms with Crippen molar-refractivity contribution in [3.05, 3.63) is 41.4 Å². The average Bonchev–Trinajstić information content (AvgIpc) is 2.24. The third-order valence-corrected chi connectivity index (χ3v) is 3.17. The molecule has 0 amide bonds. The van der Waals surface area contributed by atoms with Crippen LogP contribution in [0.1, 0.15) is 39.4 Å². The molecule has 18 heavy (non-hydrogen) atoms. The van der Waals surface area contributed by atoms with Crippen molar-refractivity contribution in [2.24, 2.45) is 0 Å². The molecule has 0 heterocycles. The smallest absolute Gasteiger partial charge is 0.0762 e. The van der Waals surface area contributed by atoms with Crippen LogP contribution in [0.3, 0.4) is 0 Å². The topological polar surface area (TPSA) is 23.5 Å². The molecule has 0 unspecified atom stereocenters. The van der Waals surface area contributed by atoms with E-state index in [2.05, 4.69) is 32.3 Å². The lowest BCUT2D eigenvalue weighted by molar-refractivity contribution is 0.199. The van der Waals surface area contributed by atoms with Gasteiger partial charge in [0.25, 0.3) is 0 Å². The molecule has 0 aliphatic heterocycles. The Bertz CT molecular complexity index is 421. The average molecular weight is 268 g/mol. The normalized spacial score (nSPS) is 13.2. The van der Waals surface area contributed by atoms with E-state index >= 15 is 0 Å². The summed E-state index contributed by atoms with van der Waals surface area (Å²) in [5.74, 6) is 0. The highest BCUT2D eigenvalue weighted by molar-refractivity contribution is 6.33. The summed E-state index contributed by atoms with van der Waals surface area (Å²) >= 11 is 6.32. The van der Waals surface area contributed by atoms with Crippen LogP contribution in [0.15, 0.2) is 30.9 Å². The number of aliphatic hydroxyl groups excluding tert-OH is 1. The van der Waals surface area contributed by atoms with Gasteiger partial charge in [-0.25, -0.2) is 0 Å². The summed E-state index contributed by atoms with van der Waals surface area (Å²) in [4.78, 5) is 2.19. The summed E-state index contributed by atoms with van der Waals surface area (Å²) in [6, 6.07) is 5.69. The van der Waals surface area contributed by atoms with Gasteiger partial charge < -0.3 is 10.0 Å². The van der Waals surface area contributed by atoms with Crippen LogP contribution in [-0.2, 0) is 0 Å². The Kier molecular flexibility index (Phi) is 4.83. The van der Waals surface area contributed by atoms with Crippen LogP contribution in [0, 0.1) is 0 Å². The maximum absolute atomic E-state index is 9.55. The zero-order valence-corrected chi connectivity index (χ0v) is 12.3. The summed E-state index contributed by atoms with van der Waals surface area (Å²) in [6.07, 6.45) is 1.36. The maximum Gasteiger partial charge on any atom is 0.0762 e. The SMILES string of the molecule is C=CCN(c1ccc([C@H](C)O)cc1Cl)C(C)(C)C. The second kappa shape index (κ2) is 5.77. The van der Waals surface area contributed by atoms with E-state index in [1.165, 1.54) is 0 Å². The van der Waals surface area contributed by atoms with Gasteiger partial charge in [-0.2, -0.15) is 0 Å². The van der Waals surface area contributed by atoms with Gasteiger partial charge >= 0.3 is 0 Å². The Morgan fingerprint density at radius 1 is 1.44 bits per heavy atom. The van der Waals surface area contributed by atoms with Crippen molar-refractivity contribution in [1.29, 1.82) is 0 Å². The minimum Gasteiger partial charge on any atom is -0.389 e. The summed E-state index contributed by atoms with van der Waals surface area (Å²) < 4.78 is 0. The molecule has 3 heteroatoms. The number of halogens is 1. The van der Waals surface area contributed by atoms with Crippen molar-refractivity contribution in [3.63, 3.8) is 0 Å². The number of benzene rings is 1. The van der Waals surface area contributed by atoms with E-state index in [0.717, 1.165) is 17.8 Å². The third-order valence-electron chi connectivity index (χ3n) is 2.87. The molecule has 0 saturated carbocycles. The Morgan fingerprint density at radius 3 is 2.44 bits per heavy atom. The molecular formula is C15H22ClNO. The fourth-order valence-electron chi connectivity index (χ4n) is 1.86. The van der Waals surface area contributed by atoms with Gasteiger partial charge in [0.2, 0.25) is 0 Å². The fourth-order valence-corrected chi connectivity index (χ4v) is 2.16. The van der Waals surface area contributed by atoms with Crippen molar-refractivity contribution in [3.8, 4) is 0 Å². The van der Waals surface area contributed by atoms with E-state index in [-0.39, 0.29) is 5.54 Å². The fraction of sp³-hybridized carbons (Fsp3) is 0.467. The quantitative estimate of drug-likeness (QED) is 0.827. The molecule has 100 valence electrons. The van der Waals surface area contributed by atoms with Crippen LogP contribution in [0.4, 0.5) is 5.69 Å². The van der Waals surface area contributed by atoms with Gasteiger partial charge in [0.05, 0.1) is 16.8 Å². The monoisotopic (exact) mass is 267 g/mol. The first-order valence-electron chi connectivity index (χ1n) is 6.13. The number of rotatable bonds is 4. The highest BCUT2D eigenvalue weighted by Crippen LogP contribution is 2.33. The van der Waals surface area contributed by atoms with Gasteiger partial charge in [0.15, 0.2) is 0 Å². The second-order valence-corrected chi connectivity index (χ2v) is 5.86. The number of hydrogen-bond acceptors (Lipinski definition) is 2. The molecule has 1 atom stereocenters. The summed E-state index contributed by atoms with van der Waals surface area (Å²) in [7, 11) is 0. The van der Waals surface area contributed by atoms with Crippen molar-refractivity contribution in [2.45, 2.75) is 39.3 Å². The zero-order valence-electron chi connectivity index (χ0n) is 11.6. The molecule has 1 N–H and O–H groups in total. The Hall–Kier alpha value is -0.990. The van der Waals surface area contributed by atoms with E-state index in [0.29, 0.717) is 5.02 Å². The second-order valence-electron chi connectivity index (χ2n) is 5.46. The Morgan fingerprint density at radius 2 is 2.06 bits per heavy atom. The van der Waals surface area contributed by atoms with Gasteiger partial charge in [-0.3, -0.25) is 0 Å². The molecule has 0 radical (unpaired) electrons. The number of anilines is 1. The molecule has 1 aromatic carbocycles. The molecule has 2 nitrogen and oxygen atoms in total. The van der Waals surface area contributed by atoms with Crippen LogP contribution in [0.5, 0.6) is 0 Å². The number of nitrogens with zero attached hydrogens (tertiary/aromatic N) is 1. The first kappa shape index (κ1) is 15.1. The lowest BCUT2D eigenvalue weighted by atomic mass is 10.0. The number of aliphatic hydroxyl groups is 1. The molecule has 0 aliphatic rings.